The first-order chi connectivity index (χ1) is 13.2. The van der Waals surface area contributed by atoms with Crippen LogP contribution in [0.5, 0.6) is 0 Å². The van der Waals surface area contributed by atoms with Gasteiger partial charge in [-0.2, -0.15) is 13.2 Å². The Bertz CT molecular complexity index is 879. The van der Waals surface area contributed by atoms with Gasteiger partial charge in [-0.25, -0.2) is 4.79 Å². The van der Waals surface area contributed by atoms with Crippen LogP contribution < -0.4 is 5.32 Å². The van der Waals surface area contributed by atoms with E-state index >= 15 is 0 Å². The number of nitrogens with one attached hydrogen (secondary N) is 1. The number of aromatic nitrogens is 1. The number of hydrogen-bond donors (Lipinski definition) is 1. The van der Waals surface area contributed by atoms with Gasteiger partial charge in [-0.15, -0.1) is 12.4 Å². The Morgan fingerprint density at radius 1 is 1.31 bits per heavy atom. The van der Waals surface area contributed by atoms with Gasteiger partial charge in [0.05, 0.1) is 11.1 Å². The maximum atomic E-state index is 13.3. The van der Waals surface area contributed by atoms with Crippen molar-refractivity contribution in [3.05, 3.63) is 40.2 Å². The number of piperidine rings is 1. The Morgan fingerprint density at radius 3 is 2.66 bits per heavy atom. The number of rotatable bonds is 1. The normalized spacial score (nSPS) is 21.0. The Hall–Kier alpha value is -2.13. The fourth-order valence-electron chi connectivity index (χ4n) is 4.20. The minimum absolute atomic E-state index is 0. The van der Waals surface area contributed by atoms with Crippen molar-refractivity contribution in [2.45, 2.75) is 44.5 Å². The minimum atomic E-state index is -4.49. The van der Waals surface area contributed by atoms with Gasteiger partial charge >= 0.3 is 12.1 Å². The van der Waals surface area contributed by atoms with Crippen molar-refractivity contribution in [3.63, 3.8) is 0 Å². The SMILES string of the molecule is CC1=C(C(=O)N2CCc3ncc(C(F)(F)F)cc3C2)C2(CCNCC2)OC1=O.Cl. The van der Waals surface area contributed by atoms with E-state index in [0.29, 0.717) is 61.3 Å². The van der Waals surface area contributed by atoms with Crippen LogP contribution >= 0.6 is 12.4 Å². The van der Waals surface area contributed by atoms with Crippen LogP contribution in [0.15, 0.2) is 23.4 Å². The number of ether oxygens (including phenoxy) is 1. The molecular weight excluding hydrogens is 411 g/mol. The smallest absolute Gasteiger partial charge is 0.417 e. The van der Waals surface area contributed by atoms with Crippen molar-refractivity contribution in [1.29, 1.82) is 0 Å². The number of esters is 1. The van der Waals surface area contributed by atoms with E-state index in [9.17, 15) is 22.8 Å². The Kier molecular flexibility index (Phi) is 5.66. The fraction of sp³-hybridized carbons (Fsp3) is 0.526. The first kappa shape index (κ1) is 21.6. The zero-order valence-corrected chi connectivity index (χ0v) is 16.6. The van der Waals surface area contributed by atoms with Crippen molar-refractivity contribution < 1.29 is 27.5 Å². The number of nitrogens with zero attached hydrogens (tertiary/aromatic N) is 2. The number of amides is 1. The molecule has 1 saturated heterocycles. The van der Waals surface area contributed by atoms with Gasteiger partial charge in [-0.05, 0) is 31.6 Å². The quantitative estimate of drug-likeness (QED) is 0.691. The second-order valence-electron chi connectivity index (χ2n) is 7.44. The van der Waals surface area contributed by atoms with Crippen molar-refractivity contribution >= 4 is 24.3 Å². The highest BCUT2D eigenvalue weighted by atomic mass is 35.5. The Balaban J connectivity index is 0.00000240. The zero-order chi connectivity index (χ0) is 20.1. The topological polar surface area (TPSA) is 71.5 Å². The standard InChI is InChI=1S/C19H20F3N3O3.ClH/c1-11-15(18(28-17(11)27)3-5-23-6-4-18)16(26)25-7-2-14-12(10-25)8-13(9-24-14)19(20,21)22;/h8-9,23H,2-7,10H2,1H3;1H. The summed E-state index contributed by atoms with van der Waals surface area (Å²) < 4.78 is 44.6. The van der Waals surface area contributed by atoms with Crippen LogP contribution in [0.2, 0.25) is 0 Å². The Morgan fingerprint density at radius 2 is 2.00 bits per heavy atom. The summed E-state index contributed by atoms with van der Waals surface area (Å²) in [6.45, 7) is 3.19. The highest BCUT2D eigenvalue weighted by Crippen LogP contribution is 2.41. The van der Waals surface area contributed by atoms with Gasteiger partial charge in [0.1, 0.15) is 5.60 Å². The highest BCUT2D eigenvalue weighted by Gasteiger charge is 2.50. The molecule has 158 valence electrons. The molecule has 1 aromatic heterocycles. The summed E-state index contributed by atoms with van der Waals surface area (Å²) in [7, 11) is 0. The zero-order valence-electron chi connectivity index (χ0n) is 15.8. The molecule has 1 spiro atoms. The van der Waals surface area contributed by atoms with Gasteiger partial charge in [0.15, 0.2) is 0 Å². The van der Waals surface area contributed by atoms with E-state index in [0.717, 1.165) is 12.3 Å². The molecule has 0 bridgehead atoms. The predicted octanol–water partition coefficient (Wildman–Crippen LogP) is 2.40. The highest BCUT2D eigenvalue weighted by molar-refractivity contribution is 6.07. The average Bonchev–Trinajstić information content (AvgIpc) is 2.89. The third-order valence-corrected chi connectivity index (χ3v) is 5.70. The molecule has 0 aliphatic carbocycles. The molecule has 1 aromatic rings. The average molecular weight is 432 g/mol. The molecule has 4 rings (SSSR count). The molecule has 0 radical (unpaired) electrons. The summed E-state index contributed by atoms with van der Waals surface area (Å²) in [5.74, 6) is -0.836. The summed E-state index contributed by atoms with van der Waals surface area (Å²) >= 11 is 0. The second kappa shape index (κ2) is 7.60. The van der Waals surface area contributed by atoms with E-state index in [-0.39, 0.29) is 24.9 Å². The van der Waals surface area contributed by atoms with Crippen LogP contribution in [0.1, 0.15) is 36.6 Å². The lowest BCUT2D eigenvalue weighted by molar-refractivity contribution is -0.149. The molecule has 3 aliphatic heterocycles. The molecule has 0 unspecified atom stereocenters. The predicted molar refractivity (Wildman–Crippen MR) is 99.2 cm³/mol. The molecular formula is C19H21ClF3N3O3. The Labute approximate surface area is 171 Å². The van der Waals surface area contributed by atoms with Gasteiger partial charge in [0, 0.05) is 49.8 Å². The second-order valence-corrected chi connectivity index (χ2v) is 7.44. The number of alkyl halides is 3. The van der Waals surface area contributed by atoms with Gasteiger partial charge < -0.3 is 15.0 Å². The summed E-state index contributed by atoms with van der Waals surface area (Å²) in [5.41, 5.74) is -0.168. The molecule has 0 atom stereocenters. The first-order valence-electron chi connectivity index (χ1n) is 9.21. The van der Waals surface area contributed by atoms with E-state index < -0.39 is 23.3 Å². The molecule has 0 saturated carbocycles. The van der Waals surface area contributed by atoms with Crippen molar-refractivity contribution in [2.24, 2.45) is 0 Å². The molecule has 1 N–H and O–H groups in total. The van der Waals surface area contributed by atoms with E-state index in [1.807, 2.05) is 0 Å². The summed E-state index contributed by atoms with van der Waals surface area (Å²) in [6.07, 6.45) is -2.29. The third-order valence-electron chi connectivity index (χ3n) is 5.70. The van der Waals surface area contributed by atoms with Crippen LogP contribution in [-0.4, -0.2) is 47.0 Å². The van der Waals surface area contributed by atoms with Crippen LogP contribution in [0, 0.1) is 0 Å². The van der Waals surface area contributed by atoms with E-state index in [1.165, 1.54) is 4.90 Å². The van der Waals surface area contributed by atoms with E-state index in [2.05, 4.69) is 10.3 Å². The lowest BCUT2D eigenvalue weighted by atomic mass is 9.83. The van der Waals surface area contributed by atoms with Gasteiger partial charge in [0.2, 0.25) is 0 Å². The number of pyridine rings is 1. The monoisotopic (exact) mass is 431 g/mol. The fourth-order valence-corrected chi connectivity index (χ4v) is 4.20. The molecule has 1 amide bonds. The summed E-state index contributed by atoms with van der Waals surface area (Å²) in [4.78, 5) is 30.9. The molecule has 1 fully saturated rings. The lowest BCUT2D eigenvalue weighted by Gasteiger charge is -2.37. The summed E-state index contributed by atoms with van der Waals surface area (Å²) in [6, 6.07) is 1.06. The van der Waals surface area contributed by atoms with Gasteiger partial charge in [-0.3, -0.25) is 9.78 Å². The molecule has 3 aliphatic rings. The first-order valence-corrected chi connectivity index (χ1v) is 9.21. The minimum Gasteiger partial charge on any atom is -0.450 e. The summed E-state index contributed by atoms with van der Waals surface area (Å²) in [5, 5.41) is 3.18. The van der Waals surface area contributed by atoms with E-state index in [1.54, 1.807) is 6.92 Å². The number of fused-ring (bicyclic) bond motifs is 1. The van der Waals surface area contributed by atoms with Crippen LogP contribution in [0.3, 0.4) is 0 Å². The van der Waals surface area contributed by atoms with Crippen molar-refractivity contribution in [1.82, 2.24) is 15.2 Å². The lowest BCUT2D eigenvalue weighted by Crippen LogP contribution is -2.48. The molecule has 10 heteroatoms. The van der Waals surface area contributed by atoms with Crippen LogP contribution in [0.4, 0.5) is 13.2 Å². The third kappa shape index (κ3) is 3.73. The van der Waals surface area contributed by atoms with Gasteiger partial charge in [-0.1, -0.05) is 0 Å². The number of carbonyl (C=O) groups excluding carboxylic acids is 2. The van der Waals surface area contributed by atoms with Gasteiger partial charge in [0.25, 0.3) is 5.91 Å². The largest absolute Gasteiger partial charge is 0.450 e. The number of carbonyl (C=O) groups is 2. The molecule has 6 nitrogen and oxygen atoms in total. The maximum absolute atomic E-state index is 13.3. The molecule has 0 aromatic carbocycles. The van der Waals surface area contributed by atoms with Crippen molar-refractivity contribution in [2.75, 3.05) is 19.6 Å². The molecule has 4 heterocycles. The van der Waals surface area contributed by atoms with Crippen LogP contribution in [0.25, 0.3) is 0 Å². The number of halogens is 4. The van der Waals surface area contributed by atoms with Crippen molar-refractivity contribution in [3.8, 4) is 0 Å². The van der Waals surface area contributed by atoms with Crippen LogP contribution in [-0.2, 0) is 33.5 Å². The molecule has 29 heavy (non-hydrogen) atoms. The number of hydrogen-bond acceptors (Lipinski definition) is 5. The maximum Gasteiger partial charge on any atom is 0.417 e. The van der Waals surface area contributed by atoms with E-state index in [4.69, 9.17) is 4.74 Å².